The molecule has 0 amide bonds. The van der Waals surface area contributed by atoms with Crippen molar-refractivity contribution in [3.05, 3.63) is 17.5 Å². The topological polar surface area (TPSA) is 56.2 Å². The molecule has 1 aliphatic rings. The van der Waals surface area contributed by atoms with Crippen molar-refractivity contribution in [3.8, 4) is 0 Å². The van der Waals surface area contributed by atoms with Crippen molar-refractivity contribution in [3.63, 3.8) is 0 Å². The van der Waals surface area contributed by atoms with Crippen LogP contribution >= 0.6 is 0 Å². The SMILES string of the molecule is Cc1c(CN=C(N)C2CCCCC2)cnn1C. The van der Waals surface area contributed by atoms with Gasteiger partial charge >= 0.3 is 0 Å². The number of hydrogen-bond acceptors (Lipinski definition) is 2. The van der Waals surface area contributed by atoms with E-state index >= 15 is 0 Å². The van der Waals surface area contributed by atoms with Crippen LogP contribution in [0.25, 0.3) is 0 Å². The summed E-state index contributed by atoms with van der Waals surface area (Å²) in [5, 5.41) is 4.21. The predicted molar refractivity (Wildman–Crippen MR) is 69.8 cm³/mol. The smallest absolute Gasteiger partial charge is 0.0972 e. The number of aryl methyl sites for hydroxylation is 1. The summed E-state index contributed by atoms with van der Waals surface area (Å²) >= 11 is 0. The molecule has 0 atom stereocenters. The highest BCUT2D eigenvalue weighted by Gasteiger charge is 2.16. The zero-order chi connectivity index (χ0) is 12.3. The molecule has 0 aliphatic heterocycles. The first-order valence-corrected chi connectivity index (χ1v) is 6.45. The molecule has 17 heavy (non-hydrogen) atoms. The lowest BCUT2D eigenvalue weighted by molar-refractivity contribution is 0.436. The standard InChI is InChI=1S/C13H22N4/c1-10-12(9-16-17(10)2)8-15-13(14)11-6-4-3-5-7-11/h9,11H,3-8H2,1-2H3,(H2,14,15). The predicted octanol–water partition coefficient (Wildman–Crippen LogP) is 2.17. The van der Waals surface area contributed by atoms with Crippen LogP contribution in [0.3, 0.4) is 0 Å². The molecule has 0 radical (unpaired) electrons. The number of amidine groups is 1. The second-order valence-electron chi connectivity index (χ2n) is 4.95. The average molecular weight is 234 g/mol. The normalized spacial score (nSPS) is 18.6. The van der Waals surface area contributed by atoms with Crippen LogP contribution in [-0.4, -0.2) is 15.6 Å². The van der Waals surface area contributed by atoms with Crippen molar-refractivity contribution < 1.29 is 0 Å². The summed E-state index contributed by atoms with van der Waals surface area (Å²) in [7, 11) is 1.95. The van der Waals surface area contributed by atoms with E-state index in [1.54, 1.807) is 0 Å². The van der Waals surface area contributed by atoms with Crippen LogP contribution in [0.2, 0.25) is 0 Å². The Morgan fingerprint density at radius 3 is 2.76 bits per heavy atom. The molecule has 2 N–H and O–H groups in total. The minimum Gasteiger partial charge on any atom is -0.387 e. The van der Waals surface area contributed by atoms with Crippen LogP contribution in [0.1, 0.15) is 43.4 Å². The first-order valence-electron chi connectivity index (χ1n) is 6.45. The van der Waals surface area contributed by atoms with E-state index in [0.29, 0.717) is 12.5 Å². The van der Waals surface area contributed by atoms with Gasteiger partial charge in [0.15, 0.2) is 0 Å². The van der Waals surface area contributed by atoms with Gasteiger partial charge in [0.2, 0.25) is 0 Å². The van der Waals surface area contributed by atoms with Gasteiger partial charge in [0.1, 0.15) is 0 Å². The van der Waals surface area contributed by atoms with Gasteiger partial charge in [-0.05, 0) is 19.8 Å². The molecule has 1 aromatic heterocycles. The summed E-state index contributed by atoms with van der Waals surface area (Å²) in [5.74, 6) is 1.36. The molecule has 1 heterocycles. The Balaban J connectivity index is 1.97. The summed E-state index contributed by atoms with van der Waals surface area (Å²) < 4.78 is 1.88. The number of rotatable bonds is 3. The van der Waals surface area contributed by atoms with Crippen molar-refractivity contribution in [2.45, 2.75) is 45.6 Å². The third kappa shape index (κ3) is 2.87. The molecule has 4 heteroatoms. The summed E-state index contributed by atoms with van der Waals surface area (Å²) in [6.45, 7) is 2.73. The van der Waals surface area contributed by atoms with E-state index < -0.39 is 0 Å². The van der Waals surface area contributed by atoms with E-state index in [2.05, 4.69) is 17.0 Å². The molecule has 1 aliphatic carbocycles. The van der Waals surface area contributed by atoms with Crippen molar-refractivity contribution in [2.24, 2.45) is 23.7 Å². The van der Waals surface area contributed by atoms with Gasteiger partial charge < -0.3 is 5.73 Å². The Morgan fingerprint density at radius 2 is 2.18 bits per heavy atom. The molecule has 0 unspecified atom stereocenters. The van der Waals surface area contributed by atoms with Crippen LogP contribution in [0, 0.1) is 12.8 Å². The lowest BCUT2D eigenvalue weighted by Crippen LogP contribution is -2.25. The maximum atomic E-state index is 6.08. The monoisotopic (exact) mass is 234 g/mol. The van der Waals surface area contributed by atoms with E-state index in [1.165, 1.54) is 43.4 Å². The molecule has 1 saturated carbocycles. The highest BCUT2D eigenvalue weighted by atomic mass is 15.3. The molecule has 0 bridgehead atoms. The third-order valence-corrected chi connectivity index (χ3v) is 3.79. The lowest BCUT2D eigenvalue weighted by atomic mass is 9.88. The molecule has 4 nitrogen and oxygen atoms in total. The van der Waals surface area contributed by atoms with E-state index in [1.807, 2.05) is 17.9 Å². The fourth-order valence-electron chi connectivity index (χ4n) is 2.40. The largest absolute Gasteiger partial charge is 0.387 e. The van der Waals surface area contributed by atoms with Gasteiger partial charge in [-0.1, -0.05) is 19.3 Å². The van der Waals surface area contributed by atoms with Gasteiger partial charge in [-0.25, -0.2) is 0 Å². The van der Waals surface area contributed by atoms with Crippen molar-refractivity contribution in [2.75, 3.05) is 0 Å². The molecule has 1 aromatic rings. The Kier molecular flexibility index (Phi) is 3.82. The Labute approximate surface area is 103 Å². The van der Waals surface area contributed by atoms with Crippen LogP contribution in [-0.2, 0) is 13.6 Å². The van der Waals surface area contributed by atoms with Gasteiger partial charge in [0.25, 0.3) is 0 Å². The first kappa shape index (κ1) is 12.1. The minimum atomic E-state index is 0.515. The molecule has 1 fully saturated rings. The minimum absolute atomic E-state index is 0.515. The summed E-state index contributed by atoms with van der Waals surface area (Å²) in [4.78, 5) is 4.53. The summed E-state index contributed by atoms with van der Waals surface area (Å²) in [6, 6.07) is 0. The summed E-state index contributed by atoms with van der Waals surface area (Å²) in [5.41, 5.74) is 8.42. The number of aliphatic imine (C=N–C) groups is 1. The molecule has 0 aromatic carbocycles. The first-order chi connectivity index (χ1) is 8.18. The quantitative estimate of drug-likeness (QED) is 0.643. The lowest BCUT2D eigenvalue weighted by Gasteiger charge is -2.20. The van der Waals surface area contributed by atoms with E-state index in [-0.39, 0.29) is 0 Å². The molecular weight excluding hydrogens is 212 g/mol. The van der Waals surface area contributed by atoms with E-state index in [4.69, 9.17) is 5.73 Å². The molecular formula is C13H22N4. The highest BCUT2D eigenvalue weighted by molar-refractivity contribution is 5.82. The second-order valence-corrected chi connectivity index (χ2v) is 4.95. The molecule has 0 saturated heterocycles. The zero-order valence-electron chi connectivity index (χ0n) is 10.8. The third-order valence-electron chi connectivity index (χ3n) is 3.79. The van der Waals surface area contributed by atoms with Crippen molar-refractivity contribution in [1.29, 1.82) is 0 Å². The van der Waals surface area contributed by atoms with Crippen LogP contribution in [0.4, 0.5) is 0 Å². The van der Waals surface area contributed by atoms with Crippen molar-refractivity contribution in [1.82, 2.24) is 9.78 Å². The average Bonchev–Trinajstić information content (AvgIpc) is 2.68. The van der Waals surface area contributed by atoms with E-state index in [9.17, 15) is 0 Å². The number of hydrogen-bond donors (Lipinski definition) is 1. The summed E-state index contributed by atoms with van der Waals surface area (Å²) in [6.07, 6.45) is 8.25. The highest BCUT2D eigenvalue weighted by Crippen LogP contribution is 2.23. The molecule has 94 valence electrons. The Bertz CT molecular complexity index is 400. The maximum Gasteiger partial charge on any atom is 0.0972 e. The Hall–Kier alpha value is -1.32. The molecule has 2 rings (SSSR count). The zero-order valence-corrected chi connectivity index (χ0v) is 10.8. The second kappa shape index (κ2) is 5.34. The Morgan fingerprint density at radius 1 is 1.47 bits per heavy atom. The number of aromatic nitrogens is 2. The van der Waals surface area contributed by atoms with Crippen LogP contribution in [0.15, 0.2) is 11.2 Å². The van der Waals surface area contributed by atoms with Gasteiger partial charge in [-0.2, -0.15) is 5.10 Å². The number of nitrogens with zero attached hydrogens (tertiary/aromatic N) is 3. The van der Waals surface area contributed by atoms with Gasteiger partial charge in [-0.3, -0.25) is 9.67 Å². The fraction of sp³-hybridized carbons (Fsp3) is 0.692. The molecule has 0 spiro atoms. The van der Waals surface area contributed by atoms with Gasteiger partial charge in [-0.15, -0.1) is 0 Å². The van der Waals surface area contributed by atoms with E-state index in [0.717, 1.165) is 5.84 Å². The maximum absolute atomic E-state index is 6.08. The van der Waals surface area contributed by atoms with Gasteiger partial charge in [0.05, 0.1) is 18.6 Å². The van der Waals surface area contributed by atoms with Crippen molar-refractivity contribution >= 4 is 5.84 Å². The van der Waals surface area contributed by atoms with Crippen LogP contribution < -0.4 is 5.73 Å². The van der Waals surface area contributed by atoms with Crippen LogP contribution in [0.5, 0.6) is 0 Å². The number of nitrogens with two attached hydrogens (primary N) is 1. The fourth-order valence-corrected chi connectivity index (χ4v) is 2.40. The van der Waals surface area contributed by atoms with Gasteiger partial charge in [0, 0.05) is 24.2 Å².